The van der Waals surface area contributed by atoms with Crippen LogP contribution in [0.5, 0.6) is 0 Å². The minimum absolute atomic E-state index is 0.208. The molecule has 0 aromatic heterocycles. The normalized spacial score (nSPS) is 18.3. The van der Waals surface area contributed by atoms with Gasteiger partial charge in [-0.05, 0) is 6.42 Å². The summed E-state index contributed by atoms with van der Waals surface area (Å²) in [5.74, 6) is 0. The Morgan fingerprint density at radius 3 is 2.22 bits per heavy atom. The van der Waals surface area contributed by atoms with E-state index in [2.05, 4.69) is 38.7 Å². The Morgan fingerprint density at radius 1 is 1.33 bits per heavy atom. The molecule has 1 aliphatic rings. The van der Waals surface area contributed by atoms with Crippen molar-refractivity contribution in [1.82, 2.24) is 0 Å². The molecule has 0 aromatic carbocycles. The first-order chi connectivity index (χ1) is 4.11. The van der Waals surface area contributed by atoms with Crippen LogP contribution in [-0.2, 0) is 0 Å². The Kier molecular flexibility index (Phi) is 1.52. The maximum Gasteiger partial charge on any atom is 0.0145 e. The van der Waals surface area contributed by atoms with Crippen LogP contribution in [0.4, 0.5) is 0 Å². The Morgan fingerprint density at radius 2 is 2.00 bits per heavy atom. The highest BCUT2D eigenvalue weighted by Gasteiger charge is 2.10. The van der Waals surface area contributed by atoms with Crippen molar-refractivity contribution in [1.29, 1.82) is 0 Å². The smallest absolute Gasteiger partial charge is 0.0145 e. The fourth-order valence-electron chi connectivity index (χ4n) is 1.11. The van der Waals surface area contributed by atoms with Crippen molar-refractivity contribution in [2.24, 2.45) is 0 Å². The summed E-state index contributed by atoms with van der Waals surface area (Å²) >= 11 is 0. The molecule has 0 N–H and O–H groups in total. The van der Waals surface area contributed by atoms with E-state index in [0.29, 0.717) is 0 Å². The maximum absolute atomic E-state index is 2.32. The molecule has 0 heterocycles. The molecule has 1 heteroatoms. The lowest BCUT2D eigenvalue weighted by molar-refractivity contribution is 1.35. The van der Waals surface area contributed by atoms with Crippen molar-refractivity contribution in [2.45, 2.75) is 26.9 Å². The van der Waals surface area contributed by atoms with Crippen LogP contribution in [0.1, 0.15) is 6.42 Å². The first kappa shape index (κ1) is 6.66. The zero-order valence-electron chi connectivity index (χ0n) is 6.52. The van der Waals surface area contributed by atoms with Crippen molar-refractivity contribution in [3.8, 4) is 0 Å². The monoisotopic (exact) mass is 121 g/mol. The Hall–Kier alpha value is -0.455. The molecule has 9 heavy (non-hydrogen) atoms. The number of rotatable bonds is 1. The van der Waals surface area contributed by atoms with Gasteiger partial charge in [-0.2, -0.15) is 20.5 Å². The van der Waals surface area contributed by atoms with E-state index < -0.39 is 0 Å². The quantitative estimate of drug-likeness (QED) is 0.468. The van der Waals surface area contributed by atoms with Crippen molar-refractivity contribution in [3.63, 3.8) is 0 Å². The maximum atomic E-state index is 2.32. The van der Waals surface area contributed by atoms with Crippen LogP contribution >= 0.6 is 0 Å². The first-order valence-corrected chi connectivity index (χ1v) is 3.74. The molecule has 0 aromatic rings. The minimum Gasteiger partial charge on any atom is -0.228 e. The average Bonchev–Trinajstić information content (AvgIpc) is 2.08. The van der Waals surface area contributed by atoms with Gasteiger partial charge in [-0.3, -0.25) is 0 Å². The van der Waals surface area contributed by atoms with Gasteiger partial charge in [0.2, 0.25) is 0 Å². The molecule has 0 aliphatic heterocycles. The van der Waals surface area contributed by atoms with Crippen LogP contribution in [0.3, 0.4) is 0 Å². The number of allylic oxidation sites excluding steroid dienone is 4. The Balaban J connectivity index is 2.66. The van der Waals surface area contributed by atoms with Crippen molar-refractivity contribution < 1.29 is 0 Å². The molecule has 0 unspecified atom stereocenters. The zero-order valence-corrected chi connectivity index (χ0v) is 6.52. The van der Waals surface area contributed by atoms with Crippen molar-refractivity contribution in [3.05, 3.63) is 23.7 Å². The van der Waals surface area contributed by atoms with E-state index in [1.807, 2.05) is 0 Å². The molecule has 0 bridgehead atoms. The highest BCUT2D eigenvalue weighted by Crippen LogP contribution is 2.21. The van der Waals surface area contributed by atoms with E-state index in [4.69, 9.17) is 0 Å². The third-order valence-electron chi connectivity index (χ3n) is 1.91. The second-order valence-corrected chi connectivity index (χ2v) is 3.97. The summed E-state index contributed by atoms with van der Waals surface area (Å²) in [6, 6.07) is 0. The highest BCUT2D eigenvalue weighted by molar-refractivity contribution is 6.83. The average molecular weight is 121 g/mol. The third kappa shape index (κ3) is 1.47. The summed E-state index contributed by atoms with van der Waals surface area (Å²) < 4.78 is 0. The van der Waals surface area contributed by atoms with Crippen LogP contribution < -0.4 is 0 Å². The van der Waals surface area contributed by atoms with Gasteiger partial charge < -0.3 is 0 Å². The van der Waals surface area contributed by atoms with Gasteiger partial charge in [-0.15, -0.1) is 6.08 Å². The Bertz CT molecular complexity index is 158. The van der Waals surface area contributed by atoms with Gasteiger partial charge >= 0.3 is 0 Å². The highest BCUT2D eigenvalue weighted by atomic mass is 14.0. The first-order valence-electron chi connectivity index (χ1n) is 3.74. The molecular formula is C8H14B-. The van der Waals surface area contributed by atoms with Gasteiger partial charge in [0.05, 0.1) is 0 Å². The summed E-state index contributed by atoms with van der Waals surface area (Å²) in [5, 5.41) is 0. The molecule has 0 fully saturated rings. The predicted molar refractivity (Wildman–Crippen MR) is 45.2 cm³/mol. The molecule has 1 aliphatic carbocycles. The topological polar surface area (TPSA) is 0 Å². The minimum atomic E-state index is -0.208. The molecule has 0 radical (unpaired) electrons. The van der Waals surface area contributed by atoms with E-state index >= 15 is 0 Å². The van der Waals surface area contributed by atoms with E-state index in [1.54, 1.807) is 5.47 Å². The summed E-state index contributed by atoms with van der Waals surface area (Å²) in [7, 11) is 0. The molecule has 50 valence electrons. The van der Waals surface area contributed by atoms with Gasteiger partial charge in [0.25, 0.3) is 0 Å². The van der Waals surface area contributed by atoms with Crippen LogP contribution in [0, 0.1) is 0 Å². The molecule has 0 saturated heterocycles. The fraction of sp³-hybridized carbons (Fsp3) is 0.500. The summed E-state index contributed by atoms with van der Waals surface area (Å²) in [5.41, 5.74) is 1.61. The zero-order chi connectivity index (χ0) is 6.91. The van der Waals surface area contributed by atoms with Gasteiger partial charge in [-0.25, -0.2) is 5.47 Å². The molecule has 0 atom stereocenters. The van der Waals surface area contributed by atoms with Crippen LogP contribution in [0.25, 0.3) is 0 Å². The van der Waals surface area contributed by atoms with Crippen LogP contribution in [0.15, 0.2) is 23.7 Å². The fourth-order valence-corrected chi connectivity index (χ4v) is 1.11. The van der Waals surface area contributed by atoms with E-state index in [1.165, 1.54) is 6.42 Å². The van der Waals surface area contributed by atoms with Gasteiger partial charge in [-0.1, -0.05) is 12.2 Å². The largest absolute Gasteiger partial charge is 0.228 e. The second kappa shape index (κ2) is 2.05. The van der Waals surface area contributed by atoms with E-state index in [0.717, 1.165) is 0 Å². The molecule has 0 saturated carbocycles. The van der Waals surface area contributed by atoms with E-state index in [-0.39, 0.29) is 6.15 Å². The van der Waals surface area contributed by atoms with Crippen molar-refractivity contribution >= 4 is 6.15 Å². The molecule has 1 rings (SSSR count). The third-order valence-corrected chi connectivity index (χ3v) is 1.91. The van der Waals surface area contributed by atoms with Gasteiger partial charge in [0, 0.05) is 6.15 Å². The lowest BCUT2D eigenvalue weighted by Crippen LogP contribution is -2.22. The SMILES string of the molecule is C[B-](C)(C)C1=CC=CC1. The number of hydrogen-bond donors (Lipinski definition) is 0. The summed E-state index contributed by atoms with van der Waals surface area (Å²) in [6.45, 7) is 6.95. The van der Waals surface area contributed by atoms with Crippen LogP contribution in [0.2, 0.25) is 20.5 Å². The second-order valence-electron chi connectivity index (χ2n) is 3.97. The molecular weight excluding hydrogens is 107 g/mol. The predicted octanol–water partition coefficient (Wildman–Crippen LogP) is 2.75. The molecule has 0 spiro atoms. The number of hydrogen-bond acceptors (Lipinski definition) is 0. The lowest BCUT2D eigenvalue weighted by Gasteiger charge is -2.26. The van der Waals surface area contributed by atoms with Crippen molar-refractivity contribution in [2.75, 3.05) is 0 Å². The van der Waals surface area contributed by atoms with Gasteiger partial charge in [0.15, 0.2) is 0 Å². The summed E-state index contributed by atoms with van der Waals surface area (Å²) in [4.78, 5) is 0. The van der Waals surface area contributed by atoms with E-state index in [9.17, 15) is 0 Å². The summed E-state index contributed by atoms with van der Waals surface area (Å²) in [6.07, 6.45) is 7.61. The molecule has 0 nitrogen and oxygen atoms in total. The van der Waals surface area contributed by atoms with Gasteiger partial charge in [0.1, 0.15) is 0 Å². The van der Waals surface area contributed by atoms with Crippen LogP contribution in [-0.4, -0.2) is 6.15 Å². The molecule has 0 amide bonds. The lowest BCUT2D eigenvalue weighted by atomic mass is 9.26. The Labute approximate surface area is 57.6 Å². The standard InChI is InChI=1S/C8H14B/c1-9(2,3)8-6-4-5-7-8/h4-6H,7H2,1-3H3/q-1.